The fraction of sp³-hybridized carbons (Fsp3) is 0.556. The van der Waals surface area contributed by atoms with Crippen molar-refractivity contribution in [3.8, 4) is 0 Å². The van der Waals surface area contributed by atoms with Crippen molar-refractivity contribution in [3.05, 3.63) is 12.7 Å². The minimum atomic E-state index is -3.46. The van der Waals surface area contributed by atoms with Gasteiger partial charge in [-0.1, -0.05) is 6.58 Å². The zero-order valence-electron chi connectivity index (χ0n) is 9.13. The molecule has 0 heterocycles. The van der Waals surface area contributed by atoms with Crippen molar-refractivity contribution < 1.29 is 27.5 Å². The number of hydrogen-bond donors (Lipinski definition) is 0. The molecule has 0 aromatic carbocycles. The van der Waals surface area contributed by atoms with Crippen molar-refractivity contribution in [1.82, 2.24) is 0 Å². The van der Waals surface area contributed by atoms with Gasteiger partial charge in [0.05, 0.1) is 0 Å². The van der Waals surface area contributed by atoms with Crippen LogP contribution in [-0.2, 0) is 28.9 Å². The van der Waals surface area contributed by atoms with Crippen molar-refractivity contribution in [3.63, 3.8) is 0 Å². The van der Waals surface area contributed by atoms with Gasteiger partial charge in [0.1, 0.15) is 13.2 Å². The van der Waals surface area contributed by atoms with Gasteiger partial charge < -0.3 is 9.47 Å². The molecule has 1 unspecified atom stereocenters. The molecule has 0 amide bonds. The van der Waals surface area contributed by atoms with Crippen LogP contribution < -0.4 is 0 Å². The summed E-state index contributed by atoms with van der Waals surface area (Å²) in [5, 5.41) is -1.22. The van der Waals surface area contributed by atoms with Gasteiger partial charge in [-0.25, -0.2) is 13.2 Å². The highest BCUT2D eigenvalue weighted by molar-refractivity contribution is 7.92. The van der Waals surface area contributed by atoms with Gasteiger partial charge in [-0.15, -0.1) is 0 Å². The van der Waals surface area contributed by atoms with Gasteiger partial charge in [0.2, 0.25) is 0 Å². The summed E-state index contributed by atoms with van der Waals surface area (Å²) in [6.45, 7) is 4.09. The number of esters is 2. The molecule has 0 aliphatic carbocycles. The Bertz CT molecular complexity index is 369. The van der Waals surface area contributed by atoms with Gasteiger partial charge in [0, 0.05) is 12.3 Å². The summed E-state index contributed by atoms with van der Waals surface area (Å²) in [5.74, 6) is -1.50. The summed E-state index contributed by atoms with van der Waals surface area (Å²) in [5.41, 5.74) is 0. The lowest BCUT2D eigenvalue weighted by atomic mass is 10.5. The normalized spacial score (nSPS) is 12.6. The van der Waals surface area contributed by atoms with Gasteiger partial charge in [-0.05, 0) is 6.92 Å². The van der Waals surface area contributed by atoms with E-state index in [1.807, 2.05) is 0 Å². The summed E-state index contributed by atoms with van der Waals surface area (Å²) >= 11 is 0. The molecule has 0 aliphatic heterocycles. The van der Waals surface area contributed by atoms with E-state index in [4.69, 9.17) is 0 Å². The van der Waals surface area contributed by atoms with Gasteiger partial charge in [0.25, 0.3) is 0 Å². The number of carbonyl (C=O) groups is 2. The Kier molecular flexibility index (Phi) is 5.73. The first-order valence-electron chi connectivity index (χ1n) is 4.43. The van der Waals surface area contributed by atoms with Gasteiger partial charge in [-0.2, -0.15) is 0 Å². The van der Waals surface area contributed by atoms with Crippen LogP contribution in [0.3, 0.4) is 0 Å². The third-order valence-corrected chi connectivity index (χ3v) is 3.19. The van der Waals surface area contributed by atoms with Crippen LogP contribution in [-0.4, -0.2) is 45.1 Å². The molecule has 0 aromatic heterocycles. The zero-order chi connectivity index (χ0) is 12.8. The van der Waals surface area contributed by atoms with Crippen LogP contribution in [0.1, 0.15) is 6.92 Å². The first-order chi connectivity index (χ1) is 7.29. The highest BCUT2D eigenvalue weighted by Gasteiger charge is 2.24. The summed E-state index contributed by atoms with van der Waals surface area (Å²) in [6, 6.07) is 0. The second-order valence-corrected chi connectivity index (χ2v) is 5.38. The third kappa shape index (κ3) is 5.50. The van der Waals surface area contributed by atoms with E-state index in [0.717, 1.165) is 12.3 Å². The number of ether oxygens (including phenoxy) is 2. The summed E-state index contributed by atoms with van der Waals surface area (Å²) in [6.07, 6.45) is 1.91. The van der Waals surface area contributed by atoms with E-state index in [2.05, 4.69) is 16.1 Å². The van der Waals surface area contributed by atoms with Crippen LogP contribution in [0.2, 0.25) is 0 Å². The van der Waals surface area contributed by atoms with Crippen LogP contribution in [0.15, 0.2) is 12.7 Å². The van der Waals surface area contributed by atoms with Gasteiger partial charge in [0.15, 0.2) is 15.1 Å². The highest BCUT2D eigenvalue weighted by atomic mass is 32.2. The maximum atomic E-state index is 11.1. The maximum Gasteiger partial charge on any atom is 0.330 e. The summed E-state index contributed by atoms with van der Waals surface area (Å²) < 4.78 is 31.0. The van der Waals surface area contributed by atoms with Crippen LogP contribution in [0.25, 0.3) is 0 Å². The van der Waals surface area contributed by atoms with E-state index in [0.29, 0.717) is 0 Å². The average Bonchev–Trinajstić information content (AvgIpc) is 2.21. The molecule has 0 rings (SSSR count). The molecule has 0 spiro atoms. The SMILES string of the molecule is C=CC(=O)OCCOC(=O)C(C)S(C)(=O)=O. The minimum absolute atomic E-state index is 0.132. The molecular weight excluding hydrogens is 236 g/mol. The van der Waals surface area contributed by atoms with E-state index in [-0.39, 0.29) is 13.2 Å². The number of rotatable bonds is 6. The third-order valence-electron chi connectivity index (χ3n) is 1.71. The first-order valence-corrected chi connectivity index (χ1v) is 6.39. The molecule has 0 bridgehead atoms. The molecule has 0 N–H and O–H groups in total. The highest BCUT2D eigenvalue weighted by Crippen LogP contribution is 2.00. The maximum absolute atomic E-state index is 11.1. The predicted molar refractivity (Wildman–Crippen MR) is 56.4 cm³/mol. The molecule has 0 saturated carbocycles. The van der Waals surface area contributed by atoms with E-state index in [1.54, 1.807) is 0 Å². The zero-order valence-corrected chi connectivity index (χ0v) is 9.95. The molecule has 0 saturated heterocycles. The molecule has 0 radical (unpaired) electrons. The van der Waals surface area contributed by atoms with Gasteiger partial charge in [-0.3, -0.25) is 4.79 Å². The van der Waals surface area contributed by atoms with Crippen molar-refractivity contribution in [2.24, 2.45) is 0 Å². The fourth-order valence-corrected chi connectivity index (χ4v) is 1.05. The molecule has 1 atom stereocenters. The molecular formula is C9H14O6S. The first kappa shape index (κ1) is 14.6. The van der Waals surface area contributed by atoms with E-state index in [1.165, 1.54) is 6.92 Å². The molecule has 0 aliphatic rings. The molecule has 0 aromatic rings. The Morgan fingerprint density at radius 1 is 1.31 bits per heavy atom. The lowest BCUT2D eigenvalue weighted by molar-refractivity contribution is -0.149. The molecule has 7 heteroatoms. The summed E-state index contributed by atoms with van der Waals surface area (Å²) in [7, 11) is -3.46. The van der Waals surface area contributed by atoms with Crippen molar-refractivity contribution in [2.75, 3.05) is 19.5 Å². The van der Waals surface area contributed by atoms with Crippen molar-refractivity contribution in [1.29, 1.82) is 0 Å². The second kappa shape index (κ2) is 6.26. The minimum Gasteiger partial charge on any atom is -0.461 e. The molecule has 92 valence electrons. The number of carbonyl (C=O) groups excluding carboxylic acids is 2. The molecule has 0 fully saturated rings. The summed E-state index contributed by atoms with van der Waals surface area (Å²) in [4.78, 5) is 21.7. The van der Waals surface area contributed by atoms with Crippen molar-refractivity contribution >= 4 is 21.8 Å². The Morgan fingerprint density at radius 3 is 2.25 bits per heavy atom. The van der Waals surface area contributed by atoms with Crippen LogP contribution in [0.4, 0.5) is 0 Å². The Morgan fingerprint density at radius 2 is 1.81 bits per heavy atom. The predicted octanol–water partition coefficient (Wildman–Crippen LogP) is -0.308. The lowest BCUT2D eigenvalue weighted by Gasteiger charge is -2.09. The molecule has 6 nitrogen and oxygen atoms in total. The van der Waals surface area contributed by atoms with Crippen molar-refractivity contribution in [2.45, 2.75) is 12.2 Å². The smallest absolute Gasteiger partial charge is 0.330 e. The van der Waals surface area contributed by atoms with Gasteiger partial charge >= 0.3 is 11.9 Å². The Labute approximate surface area is 94.1 Å². The second-order valence-electron chi connectivity index (χ2n) is 3.01. The number of hydrogen-bond acceptors (Lipinski definition) is 6. The van der Waals surface area contributed by atoms with Crippen LogP contribution in [0, 0.1) is 0 Å². The quantitative estimate of drug-likeness (QED) is 0.365. The average molecular weight is 250 g/mol. The Hall–Kier alpha value is -1.37. The number of sulfone groups is 1. The van der Waals surface area contributed by atoms with Crippen LogP contribution >= 0.6 is 0 Å². The molecule has 16 heavy (non-hydrogen) atoms. The monoisotopic (exact) mass is 250 g/mol. The fourth-order valence-electron chi connectivity index (χ4n) is 0.636. The van der Waals surface area contributed by atoms with E-state index in [9.17, 15) is 18.0 Å². The topological polar surface area (TPSA) is 86.7 Å². The largest absolute Gasteiger partial charge is 0.461 e. The Balaban J connectivity index is 3.92. The van der Waals surface area contributed by atoms with E-state index >= 15 is 0 Å². The van der Waals surface area contributed by atoms with E-state index < -0.39 is 27.0 Å². The standard InChI is InChI=1S/C9H14O6S/c1-4-8(10)14-5-6-15-9(11)7(2)16(3,12)13/h4,7H,1,5-6H2,2-3H3. The lowest BCUT2D eigenvalue weighted by Crippen LogP contribution is -2.29. The van der Waals surface area contributed by atoms with Crippen LogP contribution in [0.5, 0.6) is 0 Å².